The van der Waals surface area contributed by atoms with Gasteiger partial charge >= 0.3 is 0 Å². The summed E-state index contributed by atoms with van der Waals surface area (Å²) < 4.78 is 5.91. The van der Waals surface area contributed by atoms with Crippen LogP contribution in [0, 0.1) is 0 Å². The first-order valence-corrected chi connectivity index (χ1v) is 21.1. The highest BCUT2D eigenvalue weighted by molar-refractivity contribution is 7.21. The second-order valence-electron chi connectivity index (χ2n) is 16.3. The lowest BCUT2D eigenvalue weighted by Crippen LogP contribution is -2.14. The van der Waals surface area contributed by atoms with Gasteiger partial charge < -0.3 is 4.57 Å². The number of nitrogens with zero attached hydrogens (tertiary/aromatic N) is 6. The molecule has 282 valence electrons. The van der Waals surface area contributed by atoms with Crippen LogP contribution in [0.5, 0.6) is 0 Å². The van der Waals surface area contributed by atoms with E-state index >= 15 is 0 Å². The average molecular weight is 787 g/mol. The topological polar surface area (TPSA) is 61.4 Å². The van der Waals surface area contributed by atoms with Crippen molar-refractivity contribution in [3.63, 3.8) is 0 Å². The summed E-state index contributed by atoms with van der Waals surface area (Å²) in [5, 5.41) is 5.47. The Labute approximate surface area is 348 Å². The quantitative estimate of drug-likeness (QED) is 0.167. The van der Waals surface area contributed by atoms with Crippen molar-refractivity contribution in [3.8, 4) is 44.5 Å². The first-order valence-electron chi connectivity index (χ1n) is 20.3. The van der Waals surface area contributed by atoms with Gasteiger partial charge in [-0.15, -0.1) is 11.3 Å². The molecule has 60 heavy (non-hydrogen) atoms. The fourth-order valence-electron chi connectivity index (χ4n) is 9.85. The molecule has 0 unspecified atom stereocenters. The van der Waals surface area contributed by atoms with E-state index in [-0.39, 0.29) is 5.41 Å². The van der Waals surface area contributed by atoms with E-state index in [1.165, 1.54) is 48.8 Å². The van der Waals surface area contributed by atoms with Gasteiger partial charge in [0.1, 0.15) is 10.8 Å². The normalized spacial score (nSPS) is 13.3. The Balaban J connectivity index is 1.04. The predicted molar refractivity (Wildman–Crippen MR) is 248 cm³/mol. The van der Waals surface area contributed by atoms with Crippen LogP contribution in [-0.4, -0.2) is 29.1 Å². The van der Waals surface area contributed by atoms with Crippen LogP contribution in [0.1, 0.15) is 25.0 Å². The average Bonchev–Trinajstić information content (AvgIpc) is 4.06. The van der Waals surface area contributed by atoms with E-state index in [9.17, 15) is 0 Å². The molecule has 0 spiro atoms. The predicted octanol–water partition coefficient (Wildman–Crippen LogP) is 13.5. The van der Waals surface area contributed by atoms with Crippen molar-refractivity contribution < 1.29 is 0 Å². The molecular weight excluding hydrogens is 753 g/mol. The lowest BCUT2D eigenvalue weighted by atomic mass is 9.82. The zero-order valence-electron chi connectivity index (χ0n) is 32.8. The summed E-state index contributed by atoms with van der Waals surface area (Å²) in [6.07, 6.45) is 3.68. The monoisotopic (exact) mass is 786 g/mol. The van der Waals surface area contributed by atoms with E-state index < -0.39 is 0 Å². The molecule has 0 radical (unpaired) electrons. The van der Waals surface area contributed by atoms with E-state index in [1.807, 2.05) is 30.6 Å². The van der Waals surface area contributed by atoms with E-state index in [0.717, 1.165) is 71.7 Å². The van der Waals surface area contributed by atoms with E-state index in [4.69, 9.17) is 19.9 Å². The van der Waals surface area contributed by atoms with Gasteiger partial charge in [0.15, 0.2) is 0 Å². The highest BCUT2D eigenvalue weighted by Gasteiger charge is 2.36. The largest absolute Gasteiger partial charge is 0.309 e. The molecule has 1 aliphatic carbocycles. The number of pyridine rings is 2. The van der Waals surface area contributed by atoms with Crippen molar-refractivity contribution in [2.24, 2.45) is 0 Å². The molecule has 0 aliphatic heterocycles. The molecule has 0 bridgehead atoms. The molecule has 0 atom stereocenters. The summed E-state index contributed by atoms with van der Waals surface area (Å²) in [5.41, 5.74) is 16.5. The SMILES string of the molecule is CC1(C)c2ccccc2-c2cc3c4ccccc4n(-c4ccc(-n5c(-c6cccc(-c7nc8ccccc8s7)c6)nc6c7cccnc7c7ncccc7c65)cc4)c3cc21. The third-order valence-electron chi connectivity index (χ3n) is 12.6. The highest BCUT2D eigenvalue weighted by atomic mass is 32.1. The number of imidazole rings is 1. The van der Waals surface area contributed by atoms with Gasteiger partial charge in [0, 0.05) is 61.9 Å². The number of rotatable bonds is 4. The summed E-state index contributed by atoms with van der Waals surface area (Å²) >= 11 is 1.71. The number of benzene rings is 7. The lowest BCUT2D eigenvalue weighted by Gasteiger charge is -2.21. The van der Waals surface area contributed by atoms with E-state index in [2.05, 4.69) is 163 Å². The van der Waals surface area contributed by atoms with E-state index in [1.54, 1.807) is 11.3 Å². The summed E-state index contributed by atoms with van der Waals surface area (Å²) in [4.78, 5) is 20.2. The number of aromatic nitrogens is 6. The van der Waals surface area contributed by atoms with Crippen LogP contribution in [0.4, 0.5) is 0 Å². The van der Waals surface area contributed by atoms with Gasteiger partial charge in [-0.1, -0.05) is 86.6 Å². The van der Waals surface area contributed by atoms with Crippen LogP contribution >= 0.6 is 11.3 Å². The maximum atomic E-state index is 5.51. The van der Waals surface area contributed by atoms with Crippen molar-refractivity contribution >= 4 is 76.2 Å². The molecule has 7 heteroatoms. The minimum atomic E-state index is -0.105. The van der Waals surface area contributed by atoms with Gasteiger partial charge in [-0.2, -0.15) is 0 Å². The Morgan fingerprint density at radius 2 is 1.18 bits per heavy atom. The van der Waals surface area contributed by atoms with Gasteiger partial charge in [0.2, 0.25) is 0 Å². The fraction of sp³-hybridized carbons (Fsp3) is 0.0566. The molecule has 5 heterocycles. The van der Waals surface area contributed by atoms with Gasteiger partial charge in [-0.05, 0) is 107 Å². The van der Waals surface area contributed by atoms with E-state index in [0.29, 0.717) is 0 Å². The Morgan fingerprint density at radius 3 is 2.03 bits per heavy atom. The van der Waals surface area contributed by atoms with Gasteiger partial charge in [-0.3, -0.25) is 14.5 Å². The van der Waals surface area contributed by atoms with Crippen molar-refractivity contribution in [1.29, 1.82) is 0 Å². The minimum Gasteiger partial charge on any atom is -0.309 e. The van der Waals surface area contributed by atoms with Crippen LogP contribution in [0.15, 0.2) is 170 Å². The summed E-state index contributed by atoms with van der Waals surface area (Å²) in [6, 6.07) is 56.7. The Bertz CT molecular complexity index is 3720. The van der Waals surface area contributed by atoms with Crippen molar-refractivity contribution in [2.45, 2.75) is 19.3 Å². The second kappa shape index (κ2) is 12.3. The van der Waals surface area contributed by atoms with Crippen molar-refractivity contribution in [2.75, 3.05) is 0 Å². The molecule has 0 saturated carbocycles. The summed E-state index contributed by atoms with van der Waals surface area (Å²) in [6.45, 7) is 4.71. The Hall–Kier alpha value is -7.48. The molecule has 6 nitrogen and oxygen atoms in total. The van der Waals surface area contributed by atoms with Crippen LogP contribution in [-0.2, 0) is 5.41 Å². The van der Waals surface area contributed by atoms with Crippen LogP contribution < -0.4 is 0 Å². The summed E-state index contributed by atoms with van der Waals surface area (Å²) in [5.74, 6) is 0.844. The van der Waals surface area contributed by atoms with Gasteiger partial charge in [-0.25, -0.2) is 9.97 Å². The summed E-state index contributed by atoms with van der Waals surface area (Å²) in [7, 11) is 0. The molecule has 7 aromatic carbocycles. The lowest BCUT2D eigenvalue weighted by molar-refractivity contribution is 0.661. The van der Waals surface area contributed by atoms with Gasteiger partial charge in [0.25, 0.3) is 0 Å². The Kier molecular flexibility index (Phi) is 6.85. The number of fused-ring (bicyclic) bond motifs is 13. The molecule has 0 N–H and O–H groups in total. The molecule has 12 aromatic rings. The molecule has 13 rings (SSSR count). The minimum absolute atomic E-state index is 0.105. The molecular formula is C53H34N6S. The fourth-order valence-corrected chi connectivity index (χ4v) is 10.8. The number of hydrogen-bond acceptors (Lipinski definition) is 5. The smallest absolute Gasteiger partial charge is 0.145 e. The van der Waals surface area contributed by atoms with Crippen LogP contribution in [0.2, 0.25) is 0 Å². The first kappa shape index (κ1) is 33.5. The van der Waals surface area contributed by atoms with Crippen molar-refractivity contribution in [1.82, 2.24) is 29.1 Å². The number of thiazole rings is 1. The second-order valence-corrected chi connectivity index (χ2v) is 17.3. The first-order chi connectivity index (χ1) is 29.5. The highest BCUT2D eigenvalue weighted by Crippen LogP contribution is 2.51. The van der Waals surface area contributed by atoms with Crippen LogP contribution in [0.3, 0.4) is 0 Å². The van der Waals surface area contributed by atoms with Gasteiger partial charge in [0.05, 0.1) is 43.3 Å². The molecule has 0 fully saturated rings. The number of para-hydroxylation sites is 2. The Morgan fingerprint density at radius 1 is 0.483 bits per heavy atom. The maximum Gasteiger partial charge on any atom is 0.145 e. The van der Waals surface area contributed by atoms with Crippen LogP contribution in [0.25, 0.3) is 109 Å². The zero-order valence-corrected chi connectivity index (χ0v) is 33.6. The molecule has 1 aliphatic rings. The zero-order chi connectivity index (χ0) is 39.7. The third kappa shape index (κ3) is 4.63. The van der Waals surface area contributed by atoms with Crippen molar-refractivity contribution in [3.05, 3.63) is 181 Å². The molecule has 0 saturated heterocycles. The maximum absolute atomic E-state index is 5.51. The molecule has 5 aromatic heterocycles. The number of hydrogen-bond donors (Lipinski definition) is 0. The third-order valence-corrected chi connectivity index (χ3v) is 13.7. The molecule has 0 amide bonds. The standard InChI is InChI=1S/C53H34N6S/c1-53(2)41-18-5-3-14-35(41)39-29-40-36-15-4-7-20-44(36)58(45(40)30-42(39)53)33-22-24-34(25-23-33)59-50-38-17-11-27-55-48(38)47-37(16-10-26-54-47)49(50)57-51(59)31-12-9-13-32(28-31)52-56-43-19-6-8-21-46(43)60-52/h3-30H,1-2H3.